The lowest BCUT2D eigenvalue weighted by molar-refractivity contribution is -0.119. The Balaban J connectivity index is 1.66. The number of anilines is 1. The third-order valence-electron chi connectivity index (χ3n) is 4.58. The molecule has 26 heavy (non-hydrogen) atoms. The van der Waals surface area contributed by atoms with E-state index in [4.69, 9.17) is 10.5 Å². The highest BCUT2D eigenvalue weighted by molar-refractivity contribution is 7.17. The number of hydrogen-bond acceptors (Lipinski definition) is 5. The number of benzene rings is 1. The maximum Gasteiger partial charge on any atom is 0.338 e. The lowest BCUT2D eigenvalue weighted by Gasteiger charge is -2.09. The number of ether oxygens (including phenoxy) is 1. The minimum absolute atomic E-state index is 0.386. The SMILES string of the molecule is Cc1cccc(C(=O)OCC(=O)Nc2sc3c(c2C(N)=O)CCC3)c1C. The molecule has 7 heteroatoms. The van der Waals surface area contributed by atoms with Crippen LogP contribution in [0.1, 0.15) is 48.7 Å². The molecule has 0 unspecified atom stereocenters. The first kappa shape index (κ1) is 18.1. The Labute approximate surface area is 155 Å². The van der Waals surface area contributed by atoms with Gasteiger partial charge in [0.2, 0.25) is 0 Å². The van der Waals surface area contributed by atoms with E-state index in [0.29, 0.717) is 16.1 Å². The number of primary amides is 1. The Bertz CT molecular complexity index is 901. The lowest BCUT2D eigenvalue weighted by Crippen LogP contribution is -2.23. The number of aryl methyl sites for hydroxylation is 2. The van der Waals surface area contributed by atoms with Gasteiger partial charge in [-0.1, -0.05) is 12.1 Å². The molecule has 6 nitrogen and oxygen atoms in total. The van der Waals surface area contributed by atoms with E-state index in [2.05, 4.69) is 5.32 Å². The number of carbonyl (C=O) groups is 3. The third-order valence-corrected chi connectivity index (χ3v) is 5.79. The van der Waals surface area contributed by atoms with Gasteiger partial charge in [0, 0.05) is 4.88 Å². The quantitative estimate of drug-likeness (QED) is 0.789. The molecule has 136 valence electrons. The first-order valence-corrected chi connectivity index (χ1v) is 9.17. The molecule has 0 bridgehead atoms. The summed E-state index contributed by atoms with van der Waals surface area (Å²) >= 11 is 1.37. The third kappa shape index (κ3) is 3.48. The predicted molar refractivity (Wildman–Crippen MR) is 99.7 cm³/mol. The zero-order valence-electron chi connectivity index (χ0n) is 14.7. The maximum absolute atomic E-state index is 12.2. The second-order valence-electron chi connectivity index (χ2n) is 6.30. The molecule has 0 radical (unpaired) electrons. The van der Waals surface area contributed by atoms with Crippen LogP contribution < -0.4 is 11.1 Å². The van der Waals surface area contributed by atoms with Crippen molar-refractivity contribution in [2.45, 2.75) is 33.1 Å². The number of carbonyl (C=O) groups excluding carboxylic acids is 3. The van der Waals surface area contributed by atoms with Crippen LogP contribution in [0.2, 0.25) is 0 Å². The Morgan fingerprint density at radius 1 is 1.23 bits per heavy atom. The molecule has 1 aliphatic carbocycles. The van der Waals surface area contributed by atoms with Crippen LogP contribution >= 0.6 is 11.3 Å². The van der Waals surface area contributed by atoms with Crippen molar-refractivity contribution in [3.05, 3.63) is 50.9 Å². The Morgan fingerprint density at radius 3 is 2.73 bits per heavy atom. The van der Waals surface area contributed by atoms with Crippen LogP contribution in [0.4, 0.5) is 5.00 Å². The van der Waals surface area contributed by atoms with E-state index in [1.807, 2.05) is 19.9 Å². The van der Waals surface area contributed by atoms with Crippen LogP contribution in [0.5, 0.6) is 0 Å². The van der Waals surface area contributed by atoms with Crippen molar-refractivity contribution in [3.63, 3.8) is 0 Å². The van der Waals surface area contributed by atoms with Gasteiger partial charge in [-0.05, 0) is 55.9 Å². The molecule has 1 aliphatic rings. The average molecular weight is 372 g/mol. The van der Waals surface area contributed by atoms with Crippen molar-refractivity contribution >= 4 is 34.1 Å². The summed E-state index contributed by atoms with van der Waals surface area (Å²) in [4.78, 5) is 37.2. The summed E-state index contributed by atoms with van der Waals surface area (Å²) in [5.41, 5.74) is 9.02. The van der Waals surface area contributed by atoms with Crippen molar-refractivity contribution in [1.82, 2.24) is 0 Å². The van der Waals surface area contributed by atoms with Gasteiger partial charge >= 0.3 is 5.97 Å². The van der Waals surface area contributed by atoms with Crippen LogP contribution in [0.3, 0.4) is 0 Å². The maximum atomic E-state index is 12.2. The minimum Gasteiger partial charge on any atom is -0.452 e. The fourth-order valence-electron chi connectivity index (χ4n) is 3.10. The fourth-order valence-corrected chi connectivity index (χ4v) is 4.41. The molecule has 1 aromatic carbocycles. The van der Waals surface area contributed by atoms with Gasteiger partial charge in [-0.15, -0.1) is 11.3 Å². The second kappa shape index (κ2) is 7.29. The van der Waals surface area contributed by atoms with Gasteiger partial charge in [-0.2, -0.15) is 0 Å². The number of esters is 1. The normalized spacial score (nSPS) is 12.5. The van der Waals surface area contributed by atoms with Crippen LogP contribution in [0.15, 0.2) is 18.2 Å². The Morgan fingerprint density at radius 2 is 2.00 bits per heavy atom. The fraction of sp³-hybridized carbons (Fsp3) is 0.316. The molecular formula is C19H20N2O4S. The van der Waals surface area contributed by atoms with Gasteiger partial charge in [-0.25, -0.2) is 4.79 Å². The van der Waals surface area contributed by atoms with Crippen molar-refractivity contribution in [3.8, 4) is 0 Å². The van der Waals surface area contributed by atoms with Crippen LogP contribution in [0, 0.1) is 13.8 Å². The Kier molecular flexibility index (Phi) is 5.08. The van der Waals surface area contributed by atoms with Gasteiger partial charge in [0.25, 0.3) is 11.8 Å². The standard InChI is InChI=1S/C19H20N2O4S/c1-10-5-3-6-12(11(10)2)19(24)25-9-15(22)21-18-16(17(20)23)13-7-4-8-14(13)26-18/h3,5-6H,4,7-9H2,1-2H3,(H2,20,23)(H,21,22). The van der Waals surface area contributed by atoms with E-state index in [1.54, 1.807) is 12.1 Å². The first-order chi connectivity index (χ1) is 12.4. The molecule has 0 fully saturated rings. The van der Waals surface area contributed by atoms with Crippen molar-refractivity contribution < 1.29 is 19.1 Å². The summed E-state index contributed by atoms with van der Waals surface area (Å²) in [6.07, 6.45) is 2.67. The summed E-state index contributed by atoms with van der Waals surface area (Å²) in [5, 5.41) is 3.10. The molecule has 0 spiro atoms. The summed E-state index contributed by atoms with van der Waals surface area (Å²) in [6, 6.07) is 5.34. The van der Waals surface area contributed by atoms with Crippen LogP contribution in [-0.2, 0) is 22.4 Å². The highest BCUT2D eigenvalue weighted by atomic mass is 32.1. The van der Waals surface area contributed by atoms with Gasteiger partial charge in [0.1, 0.15) is 5.00 Å². The number of hydrogen-bond donors (Lipinski definition) is 2. The van der Waals surface area contributed by atoms with Gasteiger partial charge in [0.15, 0.2) is 6.61 Å². The summed E-state index contributed by atoms with van der Waals surface area (Å²) in [7, 11) is 0. The lowest BCUT2D eigenvalue weighted by atomic mass is 10.0. The molecule has 2 amide bonds. The zero-order chi connectivity index (χ0) is 18.8. The summed E-state index contributed by atoms with van der Waals surface area (Å²) in [6.45, 7) is 3.31. The number of amides is 2. The van der Waals surface area contributed by atoms with Crippen LogP contribution in [-0.4, -0.2) is 24.4 Å². The van der Waals surface area contributed by atoms with E-state index in [-0.39, 0.29) is 0 Å². The van der Waals surface area contributed by atoms with E-state index in [0.717, 1.165) is 40.8 Å². The summed E-state index contributed by atoms with van der Waals surface area (Å²) < 4.78 is 5.11. The van der Waals surface area contributed by atoms with E-state index < -0.39 is 24.4 Å². The highest BCUT2D eigenvalue weighted by Gasteiger charge is 2.26. The van der Waals surface area contributed by atoms with Crippen molar-refractivity contribution in [2.24, 2.45) is 5.73 Å². The smallest absolute Gasteiger partial charge is 0.338 e. The largest absolute Gasteiger partial charge is 0.452 e. The highest BCUT2D eigenvalue weighted by Crippen LogP contribution is 2.38. The average Bonchev–Trinajstić information content (AvgIpc) is 3.15. The Hall–Kier alpha value is -2.67. The molecule has 1 aromatic heterocycles. The molecule has 0 aliphatic heterocycles. The van der Waals surface area contributed by atoms with Gasteiger partial charge in [0.05, 0.1) is 11.1 Å². The number of nitrogens with one attached hydrogen (secondary N) is 1. The predicted octanol–water partition coefficient (Wildman–Crippen LogP) is 2.75. The molecule has 0 atom stereocenters. The minimum atomic E-state index is -0.551. The van der Waals surface area contributed by atoms with Crippen LogP contribution in [0.25, 0.3) is 0 Å². The molecule has 1 heterocycles. The van der Waals surface area contributed by atoms with Gasteiger partial charge < -0.3 is 15.8 Å². The topological polar surface area (TPSA) is 98.5 Å². The molecule has 0 saturated carbocycles. The number of thiophene rings is 1. The van der Waals surface area contributed by atoms with E-state index in [9.17, 15) is 14.4 Å². The molecule has 0 saturated heterocycles. The van der Waals surface area contributed by atoms with Crippen molar-refractivity contribution in [1.29, 1.82) is 0 Å². The first-order valence-electron chi connectivity index (χ1n) is 8.36. The number of rotatable bonds is 5. The molecule has 3 N–H and O–H groups in total. The second-order valence-corrected chi connectivity index (χ2v) is 7.40. The summed E-state index contributed by atoms with van der Waals surface area (Å²) in [5.74, 6) is -1.59. The molecule has 3 rings (SSSR count). The zero-order valence-corrected chi connectivity index (χ0v) is 15.5. The number of nitrogens with two attached hydrogens (primary N) is 1. The number of fused-ring (bicyclic) bond motifs is 1. The van der Waals surface area contributed by atoms with Gasteiger partial charge in [-0.3, -0.25) is 9.59 Å². The van der Waals surface area contributed by atoms with E-state index >= 15 is 0 Å². The van der Waals surface area contributed by atoms with Crippen molar-refractivity contribution in [2.75, 3.05) is 11.9 Å². The molecular weight excluding hydrogens is 352 g/mol. The monoisotopic (exact) mass is 372 g/mol. The molecule has 2 aromatic rings. The van der Waals surface area contributed by atoms with E-state index in [1.165, 1.54) is 11.3 Å².